The van der Waals surface area contributed by atoms with Gasteiger partial charge in [0.05, 0.1) is 13.7 Å². The molecule has 4 aromatic rings. The Bertz CT molecular complexity index is 1790. The highest BCUT2D eigenvalue weighted by molar-refractivity contribution is 6.74. The summed E-state index contributed by atoms with van der Waals surface area (Å²) in [5.41, 5.74) is 5.77. The molecule has 9 heteroatoms. The van der Waals surface area contributed by atoms with Gasteiger partial charge in [0.25, 0.3) is 5.56 Å². The standard InChI is InChI=1S/C39H54N4O4Si/c1-12-13-20-43-36-30(18-15-19-40-36)33(28-16-14-17-29(23-28)46-9)35(37(43)44)42-38(45)41-34-31(25(2)3)21-27(22-32(34)26(4)5)24-47-48(10,11)39(6,7)8/h14-19,21-23,25-26H,12-13,20,24H2,1-11H3,(H2,41,42,45). The fourth-order valence-corrected chi connectivity index (χ4v) is 6.59. The maximum Gasteiger partial charge on any atom is 0.323 e. The number of rotatable bonds is 12. The van der Waals surface area contributed by atoms with Crippen molar-refractivity contribution in [3.8, 4) is 16.9 Å². The smallest absolute Gasteiger partial charge is 0.323 e. The normalized spacial score (nSPS) is 12.2. The second-order valence-electron chi connectivity index (χ2n) is 14.8. The number of aromatic nitrogens is 2. The number of ether oxygens (including phenoxy) is 1. The first-order valence-electron chi connectivity index (χ1n) is 17.1. The van der Waals surface area contributed by atoms with Gasteiger partial charge in [0.15, 0.2) is 8.32 Å². The van der Waals surface area contributed by atoms with Crippen LogP contribution in [-0.4, -0.2) is 31.0 Å². The Morgan fingerprint density at radius 1 is 0.958 bits per heavy atom. The minimum absolute atomic E-state index is 0.103. The molecule has 0 aliphatic rings. The number of amides is 2. The van der Waals surface area contributed by atoms with Gasteiger partial charge in [-0.15, -0.1) is 0 Å². The molecule has 0 saturated heterocycles. The topological polar surface area (TPSA) is 94.5 Å². The first-order chi connectivity index (χ1) is 22.6. The molecule has 0 aliphatic heterocycles. The van der Waals surface area contributed by atoms with Gasteiger partial charge in [-0.05, 0) is 82.9 Å². The largest absolute Gasteiger partial charge is 0.497 e. The minimum Gasteiger partial charge on any atom is -0.497 e. The van der Waals surface area contributed by atoms with Crippen LogP contribution in [-0.2, 0) is 17.6 Å². The molecule has 2 N–H and O–H groups in total. The Morgan fingerprint density at radius 3 is 2.19 bits per heavy atom. The predicted molar refractivity (Wildman–Crippen MR) is 202 cm³/mol. The second-order valence-corrected chi connectivity index (χ2v) is 19.6. The average Bonchev–Trinajstić information content (AvgIpc) is 3.03. The Balaban J connectivity index is 1.82. The summed E-state index contributed by atoms with van der Waals surface area (Å²) in [6, 6.07) is 15.2. The van der Waals surface area contributed by atoms with Crippen molar-refractivity contribution in [3.63, 3.8) is 0 Å². The third kappa shape index (κ3) is 8.01. The summed E-state index contributed by atoms with van der Waals surface area (Å²) in [6.45, 7) is 22.9. The van der Waals surface area contributed by atoms with Crippen LogP contribution >= 0.6 is 0 Å². The first kappa shape index (κ1) is 36.9. The molecule has 8 nitrogen and oxygen atoms in total. The van der Waals surface area contributed by atoms with Gasteiger partial charge in [-0.25, -0.2) is 9.78 Å². The summed E-state index contributed by atoms with van der Waals surface area (Å²) >= 11 is 0. The van der Waals surface area contributed by atoms with Gasteiger partial charge < -0.3 is 19.8 Å². The number of carbonyl (C=O) groups excluding carboxylic acids is 1. The summed E-state index contributed by atoms with van der Waals surface area (Å²) in [5.74, 6) is 0.919. The SMILES string of the molecule is CCCCn1c(=O)c(NC(=O)Nc2c(C(C)C)cc(CO[Si](C)(C)C(C)(C)C)cc2C(C)C)c(-c2cccc(OC)c2)c2cccnc21. The summed E-state index contributed by atoms with van der Waals surface area (Å²) < 4.78 is 13.8. The van der Waals surface area contributed by atoms with E-state index in [1.165, 1.54) is 0 Å². The number of nitrogens with one attached hydrogen (secondary N) is 2. The van der Waals surface area contributed by atoms with E-state index in [2.05, 4.69) is 96.2 Å². The van der Waals surface area contributed by atoms with Gasteiger partial charge in [0.2, 0.25) is 0 Å². The average molecular weight is 671 g/mol. The molecule has 0 atom stereocenters. The van der Waals surface area contributed by atoms with E-state index in [-0.39, 0.29) is 28.1 Å². The molecular weight excluding hydrogens is 617 g/mol. The molecule has 0 saturated carbocycles. The molecule has 0 bridgehead atoms. The van der Waals surface area contributed by atoms with E-state index in [9.17, 15) is 9.59 Å². The molecule has 258 valence electrons. The van der Waals surface area contributed by atoms with E-state index in [0.717, 1.165) is 46.2 Å². The molecule has 48 heavy (non-hydrogen) atoms. The zero-order valence-electron chi connectivity index (χ0n) is 30.7. The van der Waals surface area contributed by atoms with Crippen molar-refractivity contribution in [2.24, 2.45) is 0 Å². The lowest BCUT2D eigenvalue weighted by Gasteiger charge is -2.36. The lowest BCUT2D eigenvalue weighted by atomic mass is 9.90. The Morgan fingerprint density at radius 2 is 1.60 bits per heavy atom. The van der Waals surface area contributed by atoms with Crippen molar-refractivity contribution in [3.05, 3.63) is 81.8 Å². The second kappa shape index (κ2) is 15.1. The van der Waals surface area contributed by atoms with Crippen LogP contribution in [0.2, 0.25) is 18.1 Å². The van der Waals surface area contributed by atoms with Crippen molar-refractivity contribution < 1.29 is 14.0 Å². The Kier molecular flexibility index (Phi) is 11.6. The number of anilines is 2. The van der Waals surface area contributed by atoms with Gasteiger partial charge in [-0.2, -0.15) is 0 Å². The third-order valence-corrected chi connectivity index (χ3v) is 14.0. The van der Waals surface area contributed by atoms with Crippen LogP contribution in [0, 0.1) is 0 Å². The maximum absolute atomic E-state index is 14.3. The van der Waals surface area contributed by atoms with E-state index in [4.69, 9.17) is 9.16 Å². The Labute approximate surface area is 287 Å². The number of hydrogen-bond donors (Lipinski definition) is 2. The number of carbonyl (C=O) groups is 1. The molecule has 2 amide bonds. The highest BCUT2D eigenvalue weighted by Gasteiger charge is 2.37. The number of hydrogen-bond acceptors (Lipinski definition) is 5. The highest BCUT2D eigenvalue weighted by atomic mass is 28.4. The maximum atomic E-state index is 14.3. The fraction of sp³-hybridized carbons (Fsp3) is 0.462. The zero-order chi connectivity index (χ0) is 35.4. The van der Waals surface area contributed by atoms with Crippen molar-refractivity contribution in [2.75, 3.05) is 17.7 Å². The number of urea groups is 1. The molecule has 0 fully saturated rings. The molecule has 0 radical (unpaired) electrons. The van der Waals surface area contributed by atoms with Crippen LogP contribution in [0.1, 0.15) is 96.8 Å². The predicted octanol–water partition coefficient (Wildman–Crippen LogP) is 10.3. The monoisotopic (exact) mass is 670 g/mol. The summed E-state index contributed by atoms with van der Waals surface area (Å²) in [5, 5.41) is 7.07. The number of nitrogens with zero attached hydrogens (tertiary/aromatic N) is 2. The Hall–Kier alpha value is -3.95. The van der Waals surface area contributed by atoms with Gasteiger partial charge in [0.1, 0.15) is 17.1 Å². The van der Waals surface area contributed by atoms with Crippen LogP contribution < -0.4 is 20.9 Å². The summed E-state index contributed by atoms with van der Waals surface area (Å²) in [6.07, 6.45) is 3.41. The number of aryl methyl sites for hydroxylation is 1. The van der Waals surface area contributed by atoms with Crippen molar-refractivity contribution in [2.45, 2.75) is 111 Å². The molecule has 4 rings (SSSR count). The van der Waals surface area contributed by atoms with Crippen molar-refractivity contribution in [1.82, 2.24) is 9.55 Å². The van der Waals surface area contributed by atoms with Crippen LogP contribution in [0.25, 0.3) is 22.2 Å². The minimum atomic E-state index is -1.96. The number of fused-ring (bicyclic) bond motifs is 1. The van der Waals surface area contributed by atoms with Crippen molar-refractivity contribution >= 4 is 36.8 Å². The first-order valence-corrected chi connectivity index (χ1v) is 20.0. The molecule has 2 heterocycles. The van der Waals surface area contributed by atoms with Gasteiger partial charge in [0, 0.05) is 29.4 Å². The van der Waals surface area contributed by atoms with E-state index < -0.39 is 14.3 Å². The summed E-state index contributed by atoms with van der Waals surface area (Å²) in [7, 11) is -0.353. The number of benzene rings is 2. The van der Waals surface area contributed by atoms with Crippen molar-refractivity contribution in [1.29, 1.82) is 0 Å². The van der Waals surface area contributed by atoms with E-state index in [1.54, 1.807) is 17.9 Å². The van der Waals surface area contributed by atoms with E-state index >= 15 is 0 Å². The van der Waals surface area contributed by atoms with Crippen LogP contribution in [0.3, 0.4) is 0 Å². The third-order valence-electron chi connectivity index (χ3n) is 9.50. The quantitative estimate of drug-likeness (QED) is 0.146. The van der Waals surface area contributed by atoms with Gasteiger partial charge in [-0.1, -0.05) is 86.1 Å². The highest BCUT2D eigenvalue weighted by Crippen LogP contribution is 2.39. The van der Waals surface area contributed by atoms with Crippen LogP contribution in [0.15, 0.2) is 59.5 Å². The summed E-state index contributed by atoms with van der Waals surface area (Å²) in [4.78, 5) is 33.0. The molecular formula is C39H54N4O4Si. The number of unbranched alkanes of at least 4 members (excludes halogenated alkanes) is 1. The van der Waals surface area contributed by atoms with E-state index in [1.807, 2.05) is 36.4 Å². The van der Waals surface area contributed by atoms with E-state index in [0.29, 0.717) is 30.1 Å². The lowest BCUT2D eigenvalue weighted by Crippen LogP contribution is -2.40. The number of methoxy groups -OCH3 is 1. The molecule has 0 unspecified atom stereocenters. The molecule has 2 aromatic carbocycles. The van der Waals surface area contributed by atoms with Gasteiger partial charge >= 0.3 is 6.03 Å². The zero-order valence-corrected chi connectivity index (χ0v) is 31.7. The fourth-order valence-electron chi connectivity index (χ4n) is 5.63. The van der Waals surface area contributed by atoms with Crippen LogP contribution in [0.4, 0.5) is 16.2 Å². The molecule has 0 aliphatic carbocycles. The molecule has 2 aromatic heterocycles. The molecule has 0 spiro atoms. The number of pyridine rings is 2. The van der Waals surface area contributed by atoms with Gasteiger partial charge in [-0.3, -0.25) is 9.36 Å². The lowest BCUT2D eigenvalue weighted by molar-refractivity contribution is 0.262. The van der Waals surface area contributed by atoms with Crippen LogP contribution in [0.5, 0.6) is 5.75 Å².